The first-order valence-corrected chi connectivity index (χ1v) is 7.53. The lowest BCUT2D eigenvalue weighted by molar-refractivity contribution is -0.119. The molecule has 0 bridgehead atoms. The third-order valence-electron chi connectivity index (χ3n) is 3.25. The Morgan fingerprint density at radius 3 is 2.90 bits per heavy atom. The maximum atomic E-state index is 13.1. The average molecular weight is 307 g/mol. The van der Waals surface area contributed by atoms with Crippen LogP contribution in [0.15, 0.2) is 30.5 Å². The highest BCUT2D eigenvalue weighted by atomic mass is 32.1. The third kappa shape index (κ3) is 4.34. The number of anilines is 1. The van der Waals surface area contributed by atoms with Gasteiger partial charge in [0.2, 0.25) is 5.91 Å². The van der Waals surface area contributed by atoms with Gasteiger partial charge in [-0.1, -0.05) is 19.1 Å². The molecule has 0 spiro atoms. The van der Waals surface area contributed by atoms with Crippen molar-refractivity contribution in [1.82, 2.24) is 4.98 Å². The minimum absolute atomic E-state index is 0.142. The molecule has 2 unspecified atom stereocenters. The van der Waals surface area contributed by atoms with Crippen LogP contribution < -0.4 is 11.1 Å². The first kappa shape index (κ1) is 15.6. The van der Waals surface area contributed by atoms with Gasteiger partial charge in [0.1, 0.15) is 5.82 Å². The molecule has 0 saturated heterocycles. The second-order valence-electron chi connectivity index (χ2n) is 5.08. The number of benzene rings is 1. The smallest absolute Gasteiger partial charge is 0.230 e. The molecule has 2 aromatic rings. The van der Waals surface area contributed by atoms with E-state index in [1.54, 1.807) is 26.1 Å². The molecule has 0 radical (unpaired) electrons. The number of carbonyl (C=O) groups is 1. The van der Waals surface area contributed by atoms with E-state index >= 15 is 0 Å². The van der Waals surface area contributed by atoms with E-state index in [1.165, 1.54) is 23.5 Å². The van der Waals surface area contributed by atoms with Crippen LogP contribution in [-0.4, -0.2) is 16.9 Å². The summed E-state index contributed by atoms with van der Waals surface area (Å²) in [6.07, 6.45) is 2.29. The summed E-state index contributed by atoms with van der Waals surface area (Å²) in [5, 5.41) is 3.30. The zero-order chi connectivity index (χ0) is 15.4. The molecule has 0 aliphatic heterocycles. The Kier molecular flexibility index (Phi) is 5.03. The first-order valence-electron chi connectivity index (χ1n) is 6.71. The molecular formula is C15H18FN3OS. The fourth-order valence-corrected chi connectivity index (χ4v) is 2.60. The van der Waals surface area contributed by atoms with Crippen LogP contribution in [0.25, 0.3) is 0 Å². The van der Waals surface area contributed by atoms with Crippen LogP contribution in [0.1, 0.15) is 24.3 Å². The van der Waals surface area contributed by atoms with Crippen LogP contribution >= 0.6 is 11.3 Å². The van der Waals surface area contributed by atoms with Crippen LogP contribution in [0, 0.1) is 11.7 Å². The molecule has 6 heteroatoms. The first-order chi connectivity index (χ1) is 9.95. The number of aromatic nitrogens is 1. The molecule has 0 fully saturated rings. The zero-order valence-electron chi connectivity index (χ0n) is 12.0. The normalized spacial score (nSPS) is 13.7. The van der Waals surface area contributed by atoms with Crippen molar-refractivity contribution in [2.75, 3.05) is 5.32 Å². The van der Waals surface area contributed by atoms with Gasteiger partial charge in [-0.25, -0.2) is 9.37 Å². The fourth-order valence-electron chi connectivity index (χ4n) is 1.75. The van der Waals surface area contributed by atoms with E-state index in [0.717, 1.165) is 10.4 Å². The Balaban J connectivity index is 2.00. The minimum Gasteiger partial charge on any atom is -0.327 e. The second kappa shape index (κ2) is 6.78. The molecular weight excluding hydrogens is 289 g/mol. The van der Waals surface area contributed by atoms with Gasteiger partial charge < -0.3 is 11.1 Å². The monoisotopic (exact) mass is 307 g/mol. The molecule has 1 amide bonds. The number of halogens is 1. The number of thiazole rings is 1. The van der Waals surface area contributed by atoms with Crippen molar-refractivity contribution in [2.45, 2.75) is 26.3 Å². The molecule has 1 aromatic carbocycles. The van der Waals surface area contributed by atoms with Gasteiger partial charge >= 0.3 is 0 Å². The molecule has 112 valence electrons. The number of nitrogens with two attached hydrogens (primary N) is 1. The van der Waals surface area contributed by atoms with Gasteiger partial charge in [0, 0.05) is 23.5 Å². The van der Waals surface area contributed by atoms with Gasteiger partial charge in [0.05, 0.1) is 5.92 Å². The summed E-state index contributed by atoms with van der Waals surface area (Å²) >= 11 is 1.38. The number of nitrogens with one attached hydrogen (secondary N) is 1. The molecule has 0 saturated carbocycles. The predicted octanol–water partition coefficient (Wildman–Crippen LogP) is 2.79. The highest BCUT2D eigenvalue weighted by Gasteiger charge is 2.18. The molecule has 4 nitrogen and oxygen atoms in total. The zero-order valence-corrected chi connectivity index (χ0v) is 12.8. The van der Waals surface area contributed by atoms with E-state index < -0.39 is 0 Å². The fraction of sp³-hybridized carbons (Fsp3) is 0.333. The lowest BCUT2D eigenvalue weighted by Gasteiger charge is -2.13. The van der Waals surface area contributed by atoms with Gasteiger partial charge in [0.25, 0.3) is 0 Å². The summed E-state index contributed by atoms with van der Waals surface area (Å²) in [6.45, 7) is 3.57. The summed E-state index contributed by atoms with van der Waals surface area (Å²) < 4.78 is 13.1. The Hall–Kier alpha value is -1.79. The second-order valence-corrected chi connectivity index (χ2v) is 6.19. The number of hydrogen-bond acceptors (Lipinski definition) is 4. The number of nitrogens with zero attached hydrogens (tertiary/aromatic N) is 1. The molecule has 21 heavy (non-hydrogen) atoms. The number of hydrogen-bond donors (Lipinski definition) is 2. The van der Waals surface area contributed by atoms with E-state index in [9.17, 15) is 9.18 Å². The number of rotatable bonds is 5. The van der Waals surface area contributed by atoms with Crippen molar-refractivity contribution in [1.29, 1.82) is 0 Å². The molecule has 2 rings (SSSR count). The maximum Gasteiger partial charge on any atom is 0.230 e. The number of amides is 1. The molecule has 1 heterocycles. The third-order valence-corrected chi connectivity index (χ3v) is 4.17. The standard InChI is InChI=1S/C15H18FN3OS/c1-9(10(2)17)14(20)19-15-18-8-13(21-15)7-11-4-3-5-12(16)6-11/h3-6,8-10H,7,17H2,1-2H3,(H,18,19,20). The Morgan fingerprint density at radius 1 is 1.48 bits per heavy atom. The van der Waals surface area contributed by atoms with E-state index in [4.69, 9.17) is 5.73 Å². The molecule has 0 aliphatic carbocycles. The van der Waals surface area contributed by atoms with Crippen LogP contribution in [0.3, 0.4) is 0 Å². The van der Waals surface area contributed by atoms with E-state index in [2.05, 4.69) is 10.3 Å². The molecule has 2 atom stereocenters. The topological polar surface area (TPSA) is 68.0 Å². The van der Waals surface area contributed by atoms with E-state index in [0.29, 0.717) is 11.6 Å². The van der Waals surface area contributed by atoms with Crippen molar-refractivity contribution >= 4 is 22.4 Å². The summed E-state index contributed by atoms with van der Waals surface area (Å²) in [5.74, 6) is -0.673. The highest BCUT2D eigenvalue weighted by molar-refractivity contribution is 7.15. The Morgan fingerprint density at radius 2 is 2.24 bits per heavy atom. The molecule has 0 aliphatic rings. The average Bonchev–Trinajstić information content (AvgIpc) is 2.84. The van der Waals surface area contributed by atoms with E-state index in [-0.39, 0.29) is 23.7 Å². The van der Waals surface area contributed by atoms with Crippen molar-refractivity contribution in [3.8, 4) is 0 Å². The maximum absolute atomic E-state index is 13.1. The summed E-state index contributed by atoms with van der Waals surface area (Å²) in [4.78, 5) is 17.0. The van der Waals surface area contributed by atoms with Gasteiger partial charge in [-0.05, 0) is 24.6 Å². The quantitative estimate of drug-likeness (QED) is 0.892. The molecule has 3 N–H and O–H groups in total. The predicted molar refractivity (Wildman–Crippen MR) is 82.8 cm³/mol. The lowest BCUT2D eigenvalue weighted by atomic mass is 10.0. The van der Waals surface area contributed by atoms with Gasteiger partial charge in [-0.2, -0.15) is 0 Å². The summed E-state index contributed by atoms with van der Waals surface area (Å²) in [6, 6.07) is 6.24. The van der Waals surface area contributed by atoms with Crippen LogP contribution in [0.5, 0.6) is 0 Å². The lowest BCUT2D eigenvalue weighted by Crippen LogP contribution is -2.34. The summed E-state index contributed by atoms with van der Waals surface area (Å²) in [5.41, 5.74) is 6.57. The summed E-state index contributed by atoms with van der Waals surface area (Å²) in [7, 11) is 0. The van der Waals surface area contributed by atoms with Crippen molar-refractivity contribution in [2.24, 2.45) is 11.7 Å². The van der Waals surface area contributed by atoms with E-state index in [1.807, 2.05) is 6.07 Å². The SMILES string of the molecule is CC(N)C(C)C(=O)Nc1ncc(Cc2cccc(F)c2)s1. The van der Waals surface area contributed by atoms with Crippen molar-refractivity contribution in [3.63, 3.8) is 0 Å². The Bertz CT molecular complexity index is 627. The van der Waals surface area contributed by atoms with Gasteiger partial charge in [-0.15, -0.1) is 11.3 Å². The Labute approximate surface area is 127 Å². The minimum atomic E-state index is -0.277. The van der Waals surface area contributed by atoms with Gasteiger partial charge in [-0.3, -0.25) is 4.79 Å². The molecule has 1 aromatic heterocycles. The van der Waals surface area contributed by atoms with Gasteiger partial charge in [0.15, 0.2) is 5.13 Å². The van der Waals surface area contributed by atoms with Crippen LogP contribution in [0.2, 0.25) is 0 Å². The van der Waals surface area contributed by atoms with Crippen LogP contribution in [0.4, 0.5) is 9.52 Å². The largest absolute Gasteiger partial charge is 0.327 e. The van der Waals surface area contributed by atoms with Crippen LogP contribution in [-0.2, 0) is 11.2 Å². The van der Waals surface area contributed by atoms with Crippen molar-refractivity contribution < 1.29 is 9.18 Å². The number of carbonyl (C=O) groups excluding carboxylic acids is 1. The highest BCUT2D eigenvalue weighted by Crippen LogP contribution is 2.22. The van der Waals surface area contributed by atoms with Crippen molar-refractivity contribution in [3.05, 3.63) is 46.7 Å².